The number of nitrogens with zero attached hydrogens (tertiary/aromatic N) is 2. The number of nitro groups is 1. The highest BCUT2D eigenvalue weighted by Crippen LogP contribution is 2.25. The van der Waals surface area contributed by atoms with Crippen molar-refractivity contribution in [2.24, 2.45) is 0 Å². The Morgan fingerprint density at radius 2 is 2.10 bits per heavy atom. The first-order valence-corrected chi connectivity index (χ1v) is 5.76. The van der Waals surface area contributed by atoms with E-state index in [1.165, 1.54) is 18.2 Å². The molecule has 0 fully saturated rings. The first-order chi connectivity index (χ1) is 9.49. The van der Waals surface area contributed by atoms with Crippen molar-refractivity contribution in [1.82, 2.24) is 4.98 Å². The minimum absolute atomic E-state index is 0.0431. The summed E-state index contributed by atoms with van der Waals surface area (Å²) in [5.74, 6) is -0.186. The normalized spacial score (nSPS) is 10.1. The number of amides is 1. The molecule has 2 aromatic rings. The van der Waals surface area contributed by atoms with E-state index in [9.17, 15) is 14.9 Å². The van der Waals surface area contributed by atoms with E-state index in [-0.39, 0.29) is 16.9 Å². The molecule has 0 aliphatic rings. The zero-order chi connectivity index (χ0) is 14.7. The van der Waals surface area contributed by atoms with E-state index in [1.807, 2.05) is 6.92 Å². The largest absolute Gasteiger partial charge is 0.393 e. The Labute approximate surface area is 114 Å². The third kappa shape index (κ3) is 2.72. The van der Waals surface area contributed by atoms with Crippen molar-refractivity contribution in [3.8, 4) is 0 Å². The second kappa shape index (κ2) is 5.35. The Hall–Kier alpha value is -2.96. The Balaban J connectivity index is 2.28. The van der Waals surface area contributed by atoms with Crippen LogP contribution in [0.15, 0.2) is 36.5 Å². The van der Waals surface area contributed by atoms with Crippen molar-refractivity contribution in [3.63, 3.8) is 0 Å². The van der Waals surface area contributed by atoms with E-state index in [2.05, 4.69) is 10.3 Å². The molecule has 0 bridgehead atoms. The summed E-state index contributed by atoms with van der Waals surface area (Å²) in [6.45, 7) is 1.87. The van der Waals surface area contributed by atoms with Crippen molar-refractivity contribution in [2.75, 3.05) is 11.1 Å². The average Bonchev–Trinajstić information content (AvgIpc) is 2.41. The number of carbonyl (C=O) groups is 1. The van der Waals surface area contributed by atoms with Crippen LogP contribution in [0.2, 0.25) is 0 Å². The molecule has 1 heterocycles. The molecule has 1 amide bonds. The Bertz CT molecular complexity index is 668. The van der Waals surface area contributed by atoms with Gasteiger partial charge in [-0.3, -0.25) is 14.9 Å². The maximum atomic E-state index is 12.0. The van der Waals surface area contributed by atoms with Crippen molar-refractivity contribution in [2.45, 2.75) is 6.92 Å². The standard InChI is InChI=1S/C13H12N4O3/c1-8-5-6-11(15-7-8)16-13(18)9-3-2-4-10(12(9)14)17(19)20/h2-7H,14H2,1H3,(H,15,16,18). The van der Waals surface area contributed by atoms with Crippen LogP contribution in [-0.2, 0) is 0 Å². The summed E-state index contributed by atoms with van der Waals surface area (Å²) in [7, 11) is 0. The van der Waals surface area contributed by atoms with E-state index in [1.54, 1.807) is 18.3 Å². The number of para-hydroxylation sites is 1. The molecule has 0 radical (unpaired) electrons. The van der Waals surface area contributed by atoms with Crippen LogP contribution < -0.4 is 11.1 Å². The number of nitrogens with two attached hydrogens (primary N) is 1. The van der Waals surface area contributed by atoms with Gasteiger partial charge in [0, 0.05) is 12.3 Å². The van der Waals surface area contributed by atoms with Crippen LogP contribution in [0.25, 0.3) is 0 Å². The smallest absolute Gasteiger partial charge is 0.292 e. The zero-order valence-corrected chi connectivity index (χ0v) is 10.7. The lowest BCUT2D eigenvalue weighted by Gasteiger charge is -2.07. The lowest BCUT2D eigenvalue weighted by Crippen LogP contribution is -2.15. The quantitative estimate of drug-likeness (QED) is 0.505. The van der Waals surface area contributed by atoms with Crippen molar-refractivity contribution < 1.29 is 9.72 Å². The van der Waals surface area contributed by atoms with Crippen molar-refractivity contribution >= 4 is 23.1 Å². The number of hydrogen-bond acceptors (Lipinski definition) is 5. The molecule has 102 valence electrons. The monoisotopic (exact) mass is 272 g/mol. The number of benzene rings is 1. The number of nitro benzene ring substituents is 1. The lowest BCUT2D eigenvalue weighted by molar-refractivity contribution is -0.383. The van der Waals surface area contributed by atoms with Gasteiger partial charge in [0.2, 0.25) is 0 Å². The third-order valence-corrected chi connectivity index (χ3v) is 2.68. The van der Waals surface area contributed by atoms with Gasteiger partial charge in [-0.2, -0.15) is 0 Å². The fraction of sp³-hybridized carbons (Fsp3) is 0.0769. The van der Waals surface area contributed by atoms with E-state index < -0.39 is 10.8 Å². The highest BCUT2D eigenvalue weighted by molar-refractivity contribution is 6.08. The summed E-state index contributed by atoms with van der Waals surface area (Å²) >= 11 is 0. The Morgan fingerprint density at radius 1 is 1.35 bits per heavy atom. The molecule has 0 aliphatic heterocycles. The molecule has 0 saturated heterocycles. The van der Waals surface area contributed by atoms with Crippen LogP contribution in [-0.4, -0.2) is 15.8 Å². The van der Waals surface area contributed by atoms with Crippen LogP contribution in [0.5, 0.6) is 0 Å². The molecule has 20 heavy (non-hydrogen) atoms. The molecule has 7 heteroatoms. The molecule has 0 aliphatic carbocycles. The minimum Gasteiger partial charge on any atom is -0.393 e. The Morgan fingerprint density at radius 3 is 2.70 bits per heavy atom. The molecule has 7 nitrogen and oxygen atoms in total. The first-order valence-electron chi connectivity index (χ1n) is 5.76. The van der Waals surface area contributed by atoms with Crippen LogP contribution in [0.1, 0.15) is 15.9 Å². The number of hydrogen-bond donors (Lipinski definition) is 2. The number of rotatable bonds is 3. The molecule has 2 rings (SSSR count). The van der Waals surface area contributed by atoms with Crippen LogP contribution in [0.3, 0.4) is 0 Å². The summed E-state index contributed by atoms with van der Waals surface area (Å²) in [4.78, 5) is 26.2. The van der Waals surface area contributed by atoms with Crippen LogP contribution in [0.4, 0.5) is 17.2 Å². The second-order valence-corrected chi connectivity index (χ2v) is 4.17. The van der Waals surface area contributed by atoms with Gasteiger partial charge in [0.1, 0.15) is 11.5 Å². The predicted molar refractivity (Wildman–Crippen MR) is 74.4 cm³/mol. The second-order valence-electron chi connectivity index (χ2n) is 4.17. The average molecular weight is 272 g/mol. The first kappa shape index (κ1) is 13.5. The van der Waals surface area contributed by atoms with Crippen LogP contribution in [0, 0.1) is 17.0 Å². The van der Waals surface area contributed by atoms with Gasteiger partial charge in [0.15, 0.2) is 0 Å². The molecule has 0 unspecified atom stereocenters. The molecular weight excluding hydrogens is 260 g/mol. The number of nitrogen functional groups attached to an aromatic ring is 1. The zero-order valence-electron chi connectivity index (χ0n) is 10.7. The number of pyridine rings is 1. The predicted octanol–water partition coefficient (Wildman–Crippen LogP) is 2.13. The van der Waals surface area contributed by atoms with Gasteiger partial charge in [-0.25, -0.2) is 4.98 Å². The van der Waals surface area contributed by atoms with Gasteiger partial charge in [0.05, 0.1) is 10.5 Å². The van der Waals surface area contributed by atoms with E-state index in [0.717, 1.165) is 5.56 Å². The van der Waals surface area contributed by atoms with Gasteiger partial charge >= 0.3 is 0 Å². The van der Waals surface area contributed by atoms with Gasteiger partial charge in [0.25, 0.3) is 11.6 Å². The van der Waals surface area contributed by atoms with Gasteiger partial charge in [-0.1, -0.05) is 12.1 Å². The highest BCUT2D eigenvalue weighted by atomic mass is 16.6. The summed E-state index contributed by atoms with van der Waals surface area (Å²) in [5.41, 5.74) is 6.18. The lowest BCUT2D eigenvalue weighted by atomic mass is 10.1. The van der Waals surface area contributed by atoms with Crippen LogP contribution >= 0.6 is 0 Å². The minimum atomic E-state index is -0.629. The summed E-state index contributed by atoms with van der Waals surface area (Å²) < 4.78 is 0. The molecular formula is C13H12N4O3. The SMILES string of the molecule is Cc1ccc(NC(=O)c2cccc([N+](=O)[O-])c2N)nc1. The van der Waals surface area contributed by atoms with E-state index in [4.69, 9.17) is 5.73 Å². The topological polar surface area (TPSA) is 111 Å². The molecule has 3 N–H and O–H groups in total. The maximum Gasteiger partial charge on any atom is 0.292 e. The molecule has 0 saturated carbocycles. The molecule has 0 atom stereocenters. The number of carbonyl (C=O) groups excluding carboxylic acids is 1. The molecule has 0 spiro atoms. The summed E-state index contributed by atoms with van der Waals surface area (Å²) in [6, 6.07) is 7.51. The molecule has 1 aromatic heterocycles. The summed E-state index contributed by atoms with van der Waals surface area (Å²) in [5, 5.41) is 13.3. The number of nitrogens with one attached hydrogen (secondary N) is 1. The van der Waals surface area contributed by atoms with E-state index in [0.29, 0.717) is 5.82 Å². The van der Waals surface area contributed by atoms with Gasteiger partial charge in [-0.15, -0.1) is 0 Å². The third-order valence-electron chi connectivity index (χ3n) is 2.68. The van der Waals surface area contributed by atoms with Crippen molar-refractivity contribution in [1.29, 1.82) is 0 Å². The van der Waals surface area contributed by atoms with Gasteiger partial charge < -0.3 is 11.1 Å². The fourth-order valence-corrected chi connectivity index (χ4v) is 1.64. The fourth-order valence-electron chi connectivity index (χ4n) is 1.64. The summed E-state index contributed by atoms with van der Waals surface area (Å²) in [6.07, 6.45) is 1.60. The Kier molecular flexibility index (Phi) is 3.60. The maximum absolute atomic E-state index is 12.0. The number of aromatic nitrogens is 1. The van der Waals surface area contributed by atoms with Crippen molar-refractivity contribution in [3.05, 3.63) is 57.8 Å². The number of anilines is 2. The number of aryl methyl sites for hydroxylation is 1. The van der Waals surface area contributed by atoms with E-state index >= 15 is 0 Å². The highest BCUT2D eigenvalue weighted by Gasteiger charge is 2.19. The van der Waals surface area contributed by atoms with Gasteiger partial charge in [-0.05, 0) is 24.6 Å². The molecule has 1 aromatic carbocycles.